The Morgan fingerprint density at radius 1 is 1.09 bits per heavy atom. The third-order valence-corrected chi connectivity index (χ3v) is 4.90. The van der Waals surface area contributed by atoms with Crippen LogP contribution in [0.4, 0.5) is 15.0 Å². The fourth-order valence-electron chi connectivity index (χ4n) is 3.14. The lowest BCUT2D eigenvalue weighted by atomic mass is 10.1. The normalized spacial score (nSPS) is 11.8. The number of ether oxygens (including phenoxy) is 1. The number of hydrogen-bond donors (Lipinski definition) is 4. The summed E-state index contributed by atoms with van der Waals surface area (Å²) >= 11 is 0. The standard InChI is InChI=1S/C26H26FN5O3/c1-3-19(29-4-2)16-23(25(28)33)31-26(34)32-24-7-5-6-22(30-24)17-8-12-20(13-9-17)35-21-14-10-18(27)11-15-21/h3-15,23,29H,2,16H2,1H3,(H2,28,33)(H2,30,31,32,34)/b19-3-. The first kappa shape index (κ1) is 25.0. The molecule has 2 aromatic carbocycles. The number of nitrogens with one attached hydrogen (secondary N) is 3. The lowest BCUT2D eigenvalue weighted by Gasteiger charge is -2.17. The molecule has 8 nitrogen and oxygen atoms in total. The number of allylic oxidation sites excluding steroid dienone is 1. The number of benzene rings is 2. The number of pyridine rings is 1. The highest BCUT2D eigenvalue weighted by Gasteiger charge is 2.19. The van der Waals surface area contributed by atoms with E-state index in [0.717, 1.165) is 5.56 Å². The Labute approximate surface area is 202 Å². The van der Waals surface area contributed by atoms with Gasteiger partial charge in [-0.15, -0.1) is 0 Å². The Bertz CT molecular complexity index is 1210. The molecule has 3 aromatic rings. The van der Waals surface area contributed by atoms with E-state index < -0.39 is 18.0 Å². The monoisotopic (exact) mass is 475 g/mol. The zero-order chi connectivity index (χ0) is 25.2. The fourth-order valence-corrected chi connectivity index (χ4v) is 3.14. The summed E-state index contributed by atoms with van der Waals surface area (Å²) < 4.78 is 18.8. The van der Waals surface area contributed by atoms with Crippen LogP contribution in [0.5, 0.6) is 11.5 Å². The van der Waals surface area contributed by atoms with E-state index in [1.807, 2.05) is 12.1 Å². The topological polar surface area (TPSA) is 118 Å². The largest absolute Gasteiger partial charge is 0.457 e. The average Bonchev–Trinajstić information content (AvgIpc) is 2.85. The molecule has 0 saturated heterocycles. The predicted molar refractivity (Wildman–Crippen MR) is 133 cm³/mol. The number of carbonyl (C=O) groups is 2. The molecule has 0 saturated carbocycles. The molecule has 0 aliphatic heterocycles. The third-order valence-electron chi connectivity index (χ3n) is 4.90. The van der Waals surface area contributed by atoms with Gasteiger partial charge in [-0.1, -0.05) is 18.7 Å². The van der Waals surface area contributed by atoms with Crippen LogP contribution in [-0.2, 0) is 4.79 Å². The van der Waals surface area contributed by atoms with Crippen LogP contribution in [0.1, 0.15) is 13.3 Å². The molecule has 1 unspecified atom stereocenters. The maximum Gasteiger partial charge on any atom is 0.321 e. The number of halogens is 1. The van der Waals surface area contributed by atoms with Gasteiger partial charge < -0.3 is 21.1 Å². The van der Waals surface area contributed by atoms with E-state index >= 15 is 0 Å². The van der Waals surface area contributed by atoms with E-state index in [0.29, 0.717) is 28.7 Å². The Balaban J connectivity index is 1.64. The van der Waals surface area contributed by atoms with E-state index in [1.165, 1.54) is 18.3 Å². The number of primary amides is 1. The molecule has 35 heavy (non-hydrogen) atoms. The fraction of sp³-hybridized carbons (Fsp3) is 0.115. The molecule has 3 rings (SSSR count). The van der Waals surface area contributed by atoms with Gasteiger partial charge in [0.05, 0.1) is 5.69 Å². The predicted octanol–water partition coefficient (Wildman–Crippen LogP) is 4.68. The number of amides is 3. The van der Waals surface area contributed by atoms with Crippen molar-refractivity contribution in [3.63, 3.8) is 0 Å². The highest BCUT2D eigenvalue weighted by molar-refractivity contribution is 5.93. The molecule has 3 amide bonds. The smallest absolute Gasteiger partial charge is 0.321 e. The first-order chi connectivity index (χ1) is 16.9. The van der Waals surface area contributed by atoms with Crippen molar-refractivity contribution in [1.29, 1.82) is 0 Å². The zero-order valence-electron chi connectivity index (χ0n) is 19.1. The van der Waals surface area contributed by atoms with Gasteiger partial charge in [-0.3, -0.25) is 10.1 Å². The molecule has 0 bridgehead atoms. The van der Waals surface area contributed by atoms with Crippen molar-refractivity contribution in [3.8, 4) is 22.8 Å². The second-order valence-electron chi connectivity index (χ2n) is 7.41. The van der Waals surface area contributed by atoms with Gasteiger partial charge in [0.15, 0.2) is 0 Å². The molecule has 9 heteroatoms. The van der Waals surface area contributed by atoms with Gasteiger partial charge in [0, 0.05) is 17.7 Å². The van der Waals surface area contributed by atoms with E-state index in [4.69, 9.17) is 10.5 Å². The highest BCUT2D eigenvalue weighted by Crippen LogP contribution is 2.25. The minimum Gasteiger partial charge on any atom is -0.457 e. The van der Waals surface area contributed by atoms with Crippen molar-refractivity contribution in [2.45, 2.75) is 19.4 Å². The molecule has 5 N–H and O–H groups in total. The summed E-state index contributed by atoms with van der Waals surface area (Å²) in [5, 5.41) is 8.08. The second-order valence-corrected chi connectivity index (χ2v) is 7.41. The first-order valence-electron chi connectivity index (χ1n) is 10.8. The van der Waals surface area contributed by atoms with E-state index in [-0.39, 0.29) is 12.2 Å². The first-order valence-corrected chi connectivity index (χ1v) is 10.8. The van der Waals surface area contributed by atoms with E-state index in [9.17, 15) is 14.0 Å². The van der Waals surface area contributed by atoms with Crippen LogP contribution >= 0.6 is 0 Å². The highest BCUT2D eigenvalue weighted by atomic mass is 19.1. The Hall–Kier alpha value is -4.66. The van der Waals surface area contributed by atoms with Crippen LogP contribution in [0.3, 0.4) is 0 Å². The zero-order valence-corrected chi connectivity index (χ0v) is 19.1. The van der Waals surface area contributed by atoms with Crippen molar-refractivity contribution in [2.75, 3.05) is 5.32 Å². The Morgan fingerprint density at radius 3 is 2.34 bits per heavy atom. The van der Waals surface area contributed by atoms with Crippen molar-refractivity contribution in [1.82, 2.24) is 15.6 Å². The molecule has 0 aliphatic carbocycles. The number of hydrogen-bond acceptors (Lipinski definition) is 5. The minimum absolute atomic E-state index is 0.186. The molecular weight excluding hydrogens is 449 g/mol. The quantitative estimate of drug-likeness (QED) is 0.339. The minimum atomic E-state index is -0.925. The van der Waals surface area contributed by atoms with Gasteiger partial charge in [-0.05, 0) is 73.8 Å². The van der Waals surface area contributed by atoms with E-state index in [2.05, 4.69) is 27.5 Å². The summed E-state index contributed by atoms with van der Waals surface area (Å²) in [6.07, 6.45) is 3.42. The van der Waals surface area contributed by atoms with Crippen LogP contribution in [0.2, 0.25) is 0 Å². The van der Waals surface area contributed by atoms with Crippen molar-refractivity contribution in [3.05, 3.63) is 97.1 Å². The van der Waals surface area contributed by atoms with Crippen LogP contribution in [-0.4, -0.2) is 23.0 Å². The van der Waals surface area contributed by atoms with Crippen molar-refractivity contribution < 1.29 is 18.7 Å². The van der Waals surface area contributed by atoms with Crippen molar-refractivity contribution in [2.24, 2.45) is 5.73 Å². The number of nitrogens with two attached hydrogens (primary N) is 1. The van der Waals surface area contributed by atoms with E-state index in [1.54, 1.807) is 55.5 Å². The van der Waals surface area contributed by atoms with Crippen LogP contribution in [0.15, 0.2) is 91.3 Å². The van der Waals surface area contributed by atoms with Gasteiger partial charge >= 0.3 is 6.03 Å². The van der Waals surface area contributed by atoms with Crippen LogP contribution in [0, 0.1) is 5.82 Å². The molecule has 0 aliphatic rings. The average molecular weight is 476 g/mol. The molecule has 0 radical (unpaired) electrons. The van der Waals surface area contributed by atoms with Gasteiger partial charge in [0.2, 0.25) is 5.91 Å². The Kier molecular flexibility index (Phi) is 8.55. The summed E-state index contributed by atoms with van der Waals surface area (Å²) in [4.78, 5) is 28.7. The number of nitrogens with zero attached hydrogens (tertiary/aromatic N) is 1. The van der Waals surface area contributed by atoms with Crippen molar-refractivity contribution >= 4 is 17.8 Å². The summed E-state index contributed by atoms with van der Waals surface area (Å²) in [6, 6.07) is 16.5. The number of anilines is 1. The second kappa shape index (κ2) is 12.0. The Morgan fingerprint density at radius 2 is 1.74 bits per heavy atom. The van der Waals surface area contributed by atoms with Gasteiger partial charge in [-0.2, -0.15) is 0 Å². The molecule has 1 atom stereocenters. The summed E-state index contributed by atoms with van der Waals surface area (Å²) in [5.41, 5.74) is 7.55. The lowest BCUT2D eigenvalue weighted by molar-refractivity contribution is -0.119. The molecular formula is C26H26FN5O3. The van der Waals surface area contributed by atoms with Crippen LogP contribution in [0.25, 0.3) is 11.3 Å². The van der Waals surface area contributed by atoms with Gasteiger partial charge in [-0.25, -0.2) is 14.2 Å². The molecule has 1 aromatic heterocycles. The number of carbonyl (C=O) groups excluding carboxylic acids is 2. The SMILES string of the molecule is C=CN/C(=C\C)CC(NC(=O)Nc1cccc(-c2ccc(Oc3ccc(F)cc3)cc2)n1)C(N)=O. The van der Waals surface area contributed by atoms with Gasteiger partial charge in [0.25, 0.3) is 0 Å². The maximum absolute atomic E-state index is 13.0. The number of urea groups is 1. The van der Waals surface area contributed by atoms with Crippen LogP contribution < -0.4 is 26.4 Å². The van der Waals surface area contributed by atoms with Gasteiger partial charge in [0.1, 0.15) is 29.2 Å². The summed E-state index contributed by atoms with van der Waals surface area (Å²) in [7, 11) is 0. The summed E-state index contributed by atoms with van der Waals surface area (Å²) in [5.74, 6) is 0.391. The maximum atomic E-state index is 13.0. The summed E-state index contributed by atoms with van der Waals surface area (Å²) in [6.45, 7) is 5.37. The molecule has 0 fully saturated rings. The number of rotatable bonds is 10. The lowest BCUT2D eigenvalue weighted by Crippen LogP contribution is -2.47. The molecule has 180 valence electrons. The molecule has 0 spiro atoms. The molecule has 1 heterocycles. The third kappa shape index (κ3) is 7.43. The number of aromatic nitrogens is 1.